The second kappa shape index (κ2) is 13.2. The molecular formula is C29H35F2NO2. The van der Waals surface area contributed by atoms with Crippen LogP contribution >= 0.6 is 0 Å². The first-order valence-electron chi connectivity index (χ1n) is 12.7. The molecule has 0 aliphatic heterocycles. The van der Waals surface area contributed by atoms with Crippen LogP contribution in [0.25, 0.3) is 0 Å². The zero-order valence-electron chi connectivity index (χ0n) is 20.1. The number of halogens is 2. The van der Waals surface area contributed by atoms with Crippen molar-refractivity contribution in [2.24, 2.45) is 11.8 Å². The summed E-state index contributed by atoms with van der Waals surface area (Å²) in [7, 11) is 0. The molecule has 0 spiro atoms. The Balaban J connectivity index is 1.43. The molecule has 2 aromatic rings. The van der Waals surface area contributed by atoms with Crippen LogP contribution in [0.4, 0.5) is 8.78 Å². The average molecular weight is 468 g/mol. The fraction of sp³-hybridized carbons (Fsp3) is 0.517. The Bertz CT molecular complexity index is 990. The third-order valence-electron chi connectivity index (χ3n) is 7.05. The first-order valence-corrected chi connectivity index (χ1v) is 12.7. The summed E-state index contributed by atoms with van der Waals surface area (Å²) in [5, 5.41) is 8.78. The molecule has 3 nitrogen and oxygen atoms in total. The molecule has 1 saturated carbocycles. The number of nitrogens with zero attached hydrogens (tertiary/aromatic N) is 1. The Kier molecular flexibility index (Phi) is 10.1. The number of carbonyl (C=O) groups excluding carboxylic acids is 1. The first-order chi connectivity index (χ1) is 16.5. The van der Waals surface area contributed by atoms with Gasteiger partial charge in [0.1, 0.15) is 23.5 Å². The van der Waals surface area contributed by atoms with Crippen molar-refractivity contribution in [1.29, 1.82) is 5.26 Å². The van der Waals surface area contributed by atoms with E-state index in [-0.39, 0.29) is 16.9 Å². The molecule has 0 atom stereocenters. The summed E-state index contributed by atoms with van der Waals surface area (Å²) in [6.07, 6.45) is 15.1. The van der Waals surface area contributed by atoms with Crippen molar-refractivity contribution in [2.45, 2.75) is 84.0 Å². The Labute approximate surface area is 202 Å². The van der Waals surface area contributed by atoms with Crippen molar-refractivity contribution in [1.82, 2.24) is 0 Å². The molecule has 0 unspecified atom stereocenters. The van der Waals surface area contributed by atoms with Gasteiger partial charge in [-0.1, -0.05) is 77.2 Å². The lowest BCUT2D eigenvalue weighted by Crippen LogP contribution is -2.15. The summed E-state index contributed by atoms with van der Waals surface area (Å²) in [4.78, 5) is 12.3. The minimum Gasteiger partial charge on any atom is -0.423 e. The van der Waals surface area contributed by atoms with Gasteiger partial charge in [-0.3, -0.25) is 0 Å². The molecule has 3 rings (SSSR count). The highest BCUT2D eigenvalue weighted by molar-refractivity contribution is 5.91. The number of hydrogen-bond donors (Lipinski definition) is 0. The number of unbranched alkanes of at least 4 members (excludes halogenated alkanes) is 4. The van der Waals surface area contributed by atoms with Crippen LogP contribution in [0.2, 0.25) is 0 Å². The largest absolute Gasteiger partial charge is 0.423 e. The predicted octanol–water partition coefficient (Wildman–Crippen LogP) is 8.16. The third-order valence-corrected chi connectivity index (χ3v) is 7.05. The normalized spacial score (nSPS) is 17.8. The highest BCUT2D eigenvalue weighted by Gasteiger charge is 2.21. The molecule has 0 saturated heterocycles. The predicted molar refractivity (Wildman–Crippen MR) is 130 cm³/mol. The van der Waals surface area contributed by atoms with Gasteiger partial charge in [0.2, 0.25) is 0 Å². The number of carbonyl (C=O) groups is 1. The number of hydrogen-bond acceptors (Lipinski definition) is 3. The molecule has 0 N–H and O–H groups in total. The van der Waals surface area contributed by atoms with Crippen LogP contribution in [0.15, 0.2) is 36.4 Å². The van der Waals surface area contributed by atoms with Crippen LogP contribution < -0.4 is 4.74 Å². The molecule has 0 aromatic heterocycles. The Hall–Kier alpha value is -2.74. The van der Waals surface area contributed by atoms with E-state index >= 15 is 0 Å². The molecule has 2 aromatic carbocycles. The van der Waals surface area contributed by atoms with Gasteiger partial charge in [0.25, 0.3) is 0 Å². The summed E-state index contributed by atoms with van der Waals surface area (Å²) >= 11 is 0. The van der Waals surface area contributed by atoms with Crippen molar-refractivity contribution >= 4 is 5.97 Å². The zero-order valence-corrected chi connectivity index (χ0v) is 20.1. The number of esters is 1. The Morgan fingerprint density at radius 2 is 1.65 bits per heavy atom. The molecule has 0 radical (unpaired) electrons. The smallest absolute Gasteiger partial charge is 0.346 e. The highest BCUT2D eigenvalue weighted by atomic mass is 19.1. The van der Waals surface area contributed by atoms with E-state index in [2.05, 4.69) is 6.92 Å². The van der Waals surface area contributed by atoms with E-state index in [0.29, 0.717) is 5.92 Å². The maximum Gasteiger partial charge on any atom is 0.346 e. The number of rotatable bonds is 11. The second-order valence-electron chi connectivity index (χ2n) is 9.59. The number of aryl methyl sites for hydroxylation is 1. The van der Waals surface area contributed by atoms with E-state index in [9.17, 15) is 13.6 Å². The lowest BCUT2D eigenvalue weighted by atomic mass is 9.77. The standard InChI is InChI=1S/C29H35F2NO2/c1-2-3-4-5-6-7-21-8-10-22(11-9-21)12-13-23-14-17-26(28(31)18-23)29(33)34-25-16-15-24(20-32)27(30)19-25/h14-19,21-22H,2-13H2,1H3/t21-,22-. The quantitative estimate of drug-likeness (QED) is 0.190. The van der Waals surface area contributed by atoms with Gasteiger partial charge in [-0.25, -0.2) is 13.6 Å². The molecule has 5 heteroatoms. The fourth-order valence-electron chi connectivity index (χ4n) is 4.91. The molecule has 1 aliphatic carbocycles. The molecule has 34 heavy (non-hydrogen) atoms. The van der Waals surface area contributed by atoms with Crippen LogP contribution in [-0.4, -0.2) is 5.97 Å². The molecule has 182 valence electrons. The Morgan fingerprint density at radius 3 is 2.29 bits per heavy atom. The minimum absolute atomic E-state index is 0.0680. The minimum atomic E-state index is -0.888. The summed E-state index contributed by atoms with van der Waals surface area (Å²) < 4.78 is 33.4. The molecule has 1 fully saturated rings. The highest BCUT2D eigenvalue weighted by Crippen LogP contribution is 2.34. The van der Waals surface area contributed by atoms with Crippen LogP contribution in [0.3, 0.4) is 0 Å². The SMILES string of the molecule is CCCCCCC[C@H]1CC[C@H](CCc2ccc(C(=O)Oc3ccc(C#N)c(F)c3)c(F)c2)CC1. The first kappa shape index (κ1) is 25.9. The van der Waals surface area contributed by atoms with E-state index in [1.54, 1.807) is 12.1 Å². The summed E-state index contributed by atoms with van der Waals surface area (Å²) in [6.45, 7) is 2.25. The van der Waals surface area contributed by atoms with Crippen LogP contribution in [0, 0.1) is 34.8 Å². The van der Waals surface area contributed by atoms with Gasteiger partial charge in [0.15, 0.2) is 0 Å². The van der Waals surface area contributed by atoms with E-state index < -0.39 is 17.6 Å². The van der Waals surface area contributed by atoms with Crippen molar-refractivity contribution in [2.75, 3.05) is 0 Å². The maximum absolute atomic E-state index is 14.6. The van der Waals surface area contributed by atoms with Gasteiger partial charge in [-0.15, -0.1) is 0 Å². The third kappa shape index (κ3) is 7.65. The van der Waals surface area contributed by atoms with Gasteiger partial charge in [0, 0.05) is 6.07 Å². The van der Waals surface area contributed by atoms with Gasteiger partial charge in [-0.2, -0.15) is 5.26 Å². The summed E-state index contributed by atoms with van der Waals surface area (Å²) in [6, 6.07) is 9.78. The van der Waals surface area contributed by atoms with E-state index in [1.807, 2.05) is 0 Å². The number of benzene rings is 2. The van der Waals surface area contributed by atoms with Gasteiger partial charge in [-0.05, 0) is 54.5 Å². The van der Waals surface area contributed by atoms with Crippen LogP contribution in [0.5, 0.6) is 5.75 Å². The average Bonchev–Trinajstić information content (AvgIpc) is 2.83. The molecule has 0 bridgehead atoms. The monoisotopic (exact) mass is 467 g/mol. The number of nitriles is 1. The van der Waals surface area contributed by atoms with E-state index in [1.165, 1.54) is 88.5 Å². The fourth-order valence-corrected chi connectivity index (χ4v) is 4.91. The second-order valence-corrected chi connectivity index (χ2v) is 9.59. The summed E-state index contributed by atoms with van der Waals surface area (Å²) in [5.74, 6) is -0.809. The topological polar surface area (TPSA) is 50.1 Å². The van der Waals surface area contributed by atoms with Crippen molar-refractivity contribution in [3.63, 3.8) is 0 Å². The Morgan fingerprint density at radius 1 is 0.941 bits per heavy atom. The molecule has 1 aliphatic rings. The maximum atomic E-state index is 14.6. The van der Waals surface area contributed by atoms with E-state index in [0.717, 1.165) is 30.4 Å². The van der Waals surface area contributed by atoms with Crippen molar-refractivity contribution in [3.8, 4) is 11.8 Å². The van der Waals surface area contributed by atoms with Crippen LogP contribution in [-0.2, 0) is 6.42 Å². The molecule has 0 heterocycles. The van der Waals surface area contributed by atoms with Gasteiger partial charge in [0.05, 0.1) is 11.1 Å². The summed E-state index contributed by atoms with van der Waals surface area (Å²) in [5.41, 5.74) is 0.538. The van der Waals surface area contributed by atoms with Crippen molar-refractivity contribution in [3.05, 3.63) is 64.7 Å². The zero-order chi connectivity index (χ0) is 24.3. The molecule has 0 amide bonds. The molecular weight excluding hydrogens is 432 g/mol. The number of ether oxygens (including phenoxy) is 1. The lowest BCUT2D eigenvalue weighted by Gasteiger charge is -2.28. The van der Waals surface area contributed by atoms with Gasteiger partial charge < -0.3 is 4.74 Å². The van der Waals surface area contributed by atoms with Crippen LogP contribution in [0.1, 0.15) is 99.0 Å². The lowest BCUT2D eigenvalue weighted by molar-refractivity contribution is 0.0729. The van der Waals surface area contributed by atoms with Gasteiger partial charge >= 0.3 is 5.97 Å². The van der Waals surface area contributed by atoms with E-state index in [4.69, 9.17) is 10.00 Å². The van der Waals surface area contributed by atoms with Crippen molar-refractivity contribution < 1.29 is 18.3 Å².